The van der Waals surface area contributed by atoms with Gasteiger partial charge in [0.15, 0.2) is 11.5 Å². The Kier molecular flexibility index (Phi) is 5.43. The lowest BCUT2D eigenvalue weighted by atomic mass is 10.3. The van der Waals surface area contributed by atoms with Crippen LogP contribution in [0.4, 0.5) is 0 Å². The summed E-state index contributed by atoms with van der Waals surface area (Å²) in [6.07, 6.45) is 0.680. The number of carboxylic acids is 1. The van der Waals surface area contributed by atoms with E-state index in [9.17, 15) is 9.59 Å². The molecule has 6 heteroatoms. The molecule has 1 rings (SSSR count). The number of nitrogens with zero attached hydrogens (tertiary/aromatic N) is 2. The predicted octanol–water partition coefficient (Wildman–Crippen LogP) is 1.93. The van der Waals surface area contributed by atoms with Gasteiger partial charge in [-0.1, -0.05) is 13.8 Å². The number of thiazole rings is 1. The number of Topliss-reactive ketones (excluding diaryl/α,β-unsaturated/α-hetero) is 1. The quantitative estimate of drug-likeness (QED) is 0.767. The van der Waals surface area contributed by atoms with Crippen molar-refractivity contribution >= 4 is 23.1 Å². The smallest absolute Gasteiger partial charge is 0.356 e. The molecule has 0 aliphatic rings. The van der Waals surface area contributed by atoms with Crippen LogP contribution in [0.1, 0.15) is 45.9 Å². The Bertz CT molecular complexity index is 407. The van der Waals surface area contributed by atoms with Crippen LogP contribution < -0.4 is 0 Å². The summed E-state index contributed by atoms with van der Waals surface area (Å²) < 4.78 is 0. The number of rotatable bonds is 7. The predicted molar refractivity (Wildman–Crippen MR) is 70.6 cm³/mol. The lowest BCUT2D eigenvalue weighted by Crippen LogP contribution is -2.25. The number of likely N-dealkylation sites (N-methyl/N-ethyl adjacent to an activating group) is 1. The number of carbonyl (C=O) groups is 2. The monoisotopic (exact) mass is 270 g/mol. The number of hydrogen-bond acceptors (Lipinski definition) is 5. The topological polar surface area (TPSA) is 70.5 Å². The van der Waals surface area contributed by atoms with Gasteiger partial charge in [-0.15, -0.1) is 11.3 Å². The highest BCUT2D eigenvalue weighted by atomic mass is 32.1. The zero-order valence-electron chi connectivity index (χ0n) is 10.9. The van der Waals surface area contributed by atoms with Gasteiger partial charge in [-0.3, -0.25) is 4.79 Å². The molecule has 1 aromatic rings. The first-order valence-corrected chi connectivity index (χ1v) is 6.77. The van der Waals surface area contributed by atoms with Gasteiger partial charge in [0.1, 0.15) is 4.88 Å². The maximum absolute atomic E-state index is 11.3. The van der Waals surface area contributed by atoms with E-state index in [1.165, 1.54) is 18.3 Å². The molecule has 0 radical (unpaired) electrons. The molecule has 1 heterocycles. The summed E-state index contributed by atoms with van der Waals surface area (Å²) in [6, 6.07) is 0. The highest BCUT2D eigenvalue weighted by molar-refractivity contribution is 7.14. The Hall–Kier alpha value is -1.27. The molecular weight excluding hydrogens is 252 g/mol. The average Bonchev–Trinajstić information content (AvgIpc) is 2.75. The zero-order chi connectivity index (χ0) is 13.7. The number of aromatic carboxylic acids is 1. The third-order valence-corrected chi connectivity index (χ3v) is 3.95. The average molecular weight is 270 g/mol. The normalized spacial score (nSPS) is 10.9. The minimum absolute atomic E-state index is 0.109. The van der Waals surface area contributed by atoms with Crippen molar-refractivity contribution in [2.45, 2.75) is 27.2 Å². The summed E-state index contributed by atoms with van der Waals surface area (Å²) in [4.78, 5) is 28.8. The van der Waals surface area contributed by atoms with Crippen molar-refractivity contribution in [3.63, 3.8) is 0 Å². The Morgan fingerprint density at radius 3 is 2.33 bits per heavy atom. The number of carbonyl (C=O) groups excluding carboxylic acids is 1. The van der Waals surface area contributed by atoms with Crippen molar-refractivity contribution in [3.8, 4) is 0 Å². The molecule has 0 aliphatic carbocycles. The second kappa shape index (κ2) is 6.61. The Morgan fingerprint density at radius 2 is 1.94 bits per heavy atom. The summed E-state index contributed by atoms with van der Waals surface area (Å²) in [5.41, 5.74) is -0.109. The van der Waals surface area contributed by atoms with Crippen molar-refractivity contribution in [2.75, 3.05) is 19.6 Å². The number of aromatic nitrogens is 1. The van der Waals surface area contributed by atoms with Gasteiger partial charge >= 0.3 is 5.97 Å². The van der Waals surface area contributed by atoms with E-state index >= 15 is 0 Å². The second-order valence-corrected chi connectivity index (χ2v) is 5.01. The van der Waals surface area contributed by atoms with Crippen molar-refractivity contribution < 1.29 is 14.7 Å². The minimum atomic E-state index is -1.13. The molecule has 0 aliphatic heterocycles. The molecule has 0 amide bonds. The lowest BCUT2D eigenvalue weighted by molar-refractivity contribution is 0.0686. The molecule has 0 spiro atoms. The fourth-order valence-electron chi connectivity index (χ4n) is 1.65. The minimum Gasteiger partial charge on any atom is -0.476 e. The lowest BCUT2D eigenvalue weighted by Gasteiger charge is -2.16. The van der Waals surface area contributed by atoms with Gasteiger partial charge in [-0.2, -0.15) is 0 Å². The molecule has 0 atom stereocenters. The summed E-state index contributed by atoms with van der Waals surface area (Å²) in [5.74, 6) is -1.37. The van der Waals surface area contributed by atoms with Crippen LogP contribution in [0.15, 0.2) is 0 Å². The Labute approximate surface area is 110 Å². The Morgan fingerprint density at radius 1 is 1.33 bits per heavy atom. The molecule has 0 saturated heterocycles. The molecule has 1 N–H and O–H groups in total. The van der Waals surface area contributed by atoms with Crippen molar-refractivity contribution in [1.82, 2.24) is 9.88 Å². The fraction of sp³-hybridized carbons (Fsp3) is 0.583. The van der Waals surface area contributed by atoms with Crippen molar-refractivity contribution in [1.29, 1.82) is 0 Å². The fourth-order valence-corrected chi connectivity index (χ4v) is 2.59. The van der Waals surface area contributed by atoms with Gasteiger partial charge in [0.25, 0.3) is 0 Å². The largest absolute Gasteiger partial charge is 0.476 e. The van der Waals surface area contributed by atoms with Crippen LogP contribution in [-0.2, 0) is 6.42 Å². The molecule has 0 aromatic carbocycles. The molecule has 1 aromatic heterocycles. The molecule has 0 bridgehead atoms. The van der Waals surface area contributed by atoms with Crippen molar-refractivity contribution in [2.24, 2.45) is 0 Å². The van der Waals surface area contributed by atoms with E-state index in [0.717, 1.165) is 19.6 Å². The standard InChI is InChI=1S/C12H18N2O3S/c1-4-14(5-2)7-6-9-13-10(12(16)17)11(18-9)8(3)15/h4-7H2,1-3H3,(H,16,17). The first-order chi connectivity index (χ1) is 8.49. The van der Waals surface area contributed by atoms with Crippen LogP contribution >= 0.6 is 11.3 Å². The maximum atomic E-state index is 11.3. The van der Waals surface area contributed by atoms with Gasteiger partial charge in [-0.05, 0) is 13.1 Å². The highest BCUT2D eigenvalue weighted by Crippen LogP contribution is 2.20. The van der Waals surface area contributed by atoms with Crippen LogP contribution in [0, 0.1) is 0 Å². The van der Waals surface area contributed by atoms with E-state index in [1.54, 1.807) is 0 Å². The summed E-state index contributed by atoms with van der Waals surface area (Å²) in [6.45, 7) is 8.26. The van der Waals surface area contributed by atoms with E-state index in [2.05, 4.69) is 23.7 Å². The third kappa shape index (κ3) is 3.61. The van der Waals surface area contributed by atoms with Crippen LogP contribution in [0.2, 0.25) is 0 Å². The molecule has 5 nitrogen and oxygen atoms in total. The molecule has 0 unspecified atom stereocenters. The van der Waals surface area contributed by atoms with Gasteiger partial charge in [0, 0.05) is 19.9 Å². The van der Waals surface area contributed by atoms with E-state index < -0.39 is 5.97 Å². The molecule has 0 saturated carbocycles. The highest BCUT2D eigenvalue weighted by Gasteiger charge is 2.20. The van der Waals surface area contributed by atoms with Crippen LogP contribution in [0.25, 0.3) is 0 Å². The number of carboxylic acid groups (broad SMARTS) is 1. The van der Waals surface area contributed by atoms with Crippen molar-refractivity contribution in [3.05, 3.63) is 15.6 Å². The van der Waals surface area contributed by atoms with Crippen LogP contribution in [0.3, 0.4) is 0 Å². The number of ketones is 1. The van der Waals surface area contributed by atoms with Gasteiger partial charge in [0.05, 0.1) is 5.01 Å². The molecular formula is C12H18N2O3S. The molecule has 0 fully saturated rings. The van der Waals surface area contributed by atoms with E-state index in [0.29, 0.717) is 11.4 Å². The van der Waals surface area contributed by atoms with Crippen LogP contribution in [-0.4, -0.2) is 46.4 Å². The van der Waals surface area contributed by atoms with Gasteiger partial charge < -0.3 is 10.0 Å². The first kappa shape index (κ1) is 14.8. The van der Waals surface area contributed by atoms with Gasteiger partial charge in [-0.25, -0.2) is 9.78 Å². The SMILES string of the molecule is CCN(CC)CCc1nc(C(=O)O)c(C(C)=O)s1. The first-order valence-electron chi connectivity index (χ1n) is 5.95. The van der Waals surface area contributed by atoms with E-state index in [-0.39, 0.29) is 16.4 Å². The number of hydrogen-bond donors (Lipinski definition) is 1. The summed E-state index contributed by atoms with van der Waals surface area (Å²) >= 11 is 1.19. The second-order valence-electron chi connectivity index (χ2n) is 3.92. The third-order valence-electron chi connectivity index (χ3n) is 2.73. The summed E-state index contributed by atoms with van der Waals surface area (Å²) in [7, 11) is 0. The molecule has 18 heavy (non-hydrogen) atoms. The van der Waals surface area contributed by atoms with Gasteiger partial charge in [0.2, 0.25) is 0 Å². The van der Waals surface area contributed by atoms with Crippen LogP contribution in [0.5, 0.6) is 0 Å². The maximum Gasteiger partial charge on any atom is 0.356 e. The summed E-state index contributed by atoms with van der Waals surface area (Å²) in [5, 5.41) is 9.69. The Balaban J connectivity index is 2.82. The molecule has 100 valence electrons. The van der Waals surface area contributed by atoms with E-state index in [1.807, 2.05) is 0 Å². The van der Waals surface area contributed by atoms with E-state index in [4.69, 9.17) is 5.11 Å². The zero-order valence-corrected chi connectivity index (χ0v) is 11.7.